The molecule has 0 atom stereocenters. The van der Waals surface area contributed by atoms with E-state index in [-0.39, 0.29) is 0 Å². The van der Waals surface area contributed by atoms with Crippen molar-refractivity contribution in [2.24, 2.45) is 5.84 Å². The average Bonchev–Trinajstić information content (AvgIpc) is 2.90. The summed E-state index contributed by atoms with van der Waals surface area (Å²) in [5.74, 6) is 6.97. The van der Waals surface area contributed by atoms with E-state index in [2.05, 4.69) is 31.3 Å². The molecule has 0 radical (unpaired) electrons. The van der Waals surface area contributed by atoms with E-state index >= 15 is 0 Å². The van der Waals surface area contributed by atoms with Gasteiger partial charge < -0.3 is 4.74 Å². The molecule has 102 valence electrons. The molecule has 0 saturated carbocycles. The third-order valence-corrected chi connectivity index (χ3v) is 4.06. The van der Waals surface area contributed by atoms with Crippen LogP contribution in [0.15, 0.2) is 34.1 Å². The fourth-order valence-corrected chi connectivity index (χ4v) is 3.03. The van der Waals surface area contributed by atoms with Gasteiger partial charge in [0.15, 0.2) is 0 Å². The zero-order valence-electron chi connectivity index (χ0n) is 10.6. The number of nitrogens with zero attached hydrogens (tertiary/aromatic N) is 2. The number of halogens is 1. The standard InChI is InChI=1S/C13H11BrN4OS/c1-7-6-8(14)2-3-10(7)19-11-9-4-5-20-12(9)17-13(16-11)18-15/h2-6H,15H2,1H3,(H,16,17,18). The molecular weight excluding hydrogens is 340 g/mol. The number of aryl methyl sites for hydroxylation is 1. The van der Waals surface area contributed by atoms with Crippen molar-refractivity contribution in [3.05, 3.63) is 39.7 Å². The van der Waals surface area contributed by atoms with Gasteiger partial charge in [0.2, 0.25) is 11.8 Å². The number of benzene rings is 1. The van der Waals surface area contributed by atoms with Gasteiger partial charge >= 0.3 is 0 Å². The second-order valence-electron chi connectivity index (χ2n) is 4.15. The van der Waals surface area contributed by atoms with Crippen LogP contribution in [-0.2, 0) is 0 Å². The average molecular weight is 351 g/mol. The van der Waals surface area contributed by atoms with Gasteiger partial charge in [-0.05, 0) is 42.1 Å². The Morgan fingerprint density at radius 1 is 1.30 bits per heavy atom. The summed E-state index contributed by atoms with van der Waals surface area (Å²) in [5, 5.41) is 2.82. The van der Waals surface area contributed by atoms with E-state index in [4.69, 9.17) is 10.6 Å². The second kappa shape index (κ2) is 5.35. The van der Waals surface area contributed by atoms with Crippen LogP contribution in [0.1, 0.15) is 5.56 Å². The Balaban J connectivity index is 2.07. The maximum Gasteiger partial charge on any atom is 0.241 e. The van der Waals surface area contributed by atoms with E-state index in [0.717, 1.165) is 26.0 Å². The lowest BCUT2D eigenvalue weighted by Crippen LogP contribution is -2.10. The smallest absolute Gasteiger partial charge is 0.241 e. The van der Waals surface area contributed by atoms with E-state index in [1.54, 1.807) is 0 Å². The van der Waals surface area contributed by atoms with Gasteiger partial charge in [-0.25, -0.2) is 10.8 Å². The maximum atomic E-state index is 5.92. The Morgan fingerprint density at radius 3 is 2.90 bits per heavy atom. The van der Waals surface area contributed by atoms with Crippen LogP contribution in [0, 0.1) is 6.92 Å². The van der Waals surface area contributed by atoms with E-state index in [1.165, 1.54) is 11.3 Å². The Labute approximate surface area is 127 Å². The van der Waals surface area contributed by atoms with Crippen LogP contribution in [0.5, 0.6) is 11.6 Å². The highest BCUT2D eigenvalue weighted by Gasteiger charge is 2.11. The molecule has 2 heterocycles. The molecule has 0 saturated heterocycles. The number of ether oxygens (including phenoxy) is 1. The Morgan fingerprint density at radius 2 is 2.15 bits per heavy atom. The third-order valence-electron chi connectivity index (χ3n) is 2.76. The number of nitrogens with two attached hydrogens (primary N) is 1. The van der Waals surface area contributed by atoms with E-state index in [0.29, 0.717) is 11.8 Å². The van der Waals surface area contributed by atoms with Crippen molar-refractivity contribution in [1.29, 1.82) is 0 Å². The van der Waals surface area contributed by atoms with Gasteiger partial charge in [-0.15, -0.1) is 11.3 Å². The molecule has 0 aliphatic carbocycles. The molecule has 0 amide bonds. The summed E-state index contributed by atoms with van der Waals surface area (Å²) in [4.78, 5) is 9.38. The quantitative estimate of drug-likeness (QED) is 0.554. The van der Waals surface area contributed by atoms with Crippen LogP contribution < -0.4 is 16.0 Å². The van der Waals surface area contributed by atoms with E-state index < -0.39 is 0 Å². The number of nitrogens with one attached hydrogen (secondary N) is 1. The van der Waals surface area contributed by atoms with Crippen LogP contribution in [0.3, 0.4) is 0 Å². The summed E-state index contributed by atoms with van der Waals surface area (Å²) in [7, 11) is 0. The van der Waals surface area contributed by atoms with Gasteiger partial charge in [-0.3, -0.25) is 5.43 Å². The molecule has 0 aliphatic rings. The number of hydrogen-bond acceptors (Lipinski definition) is 6. The van der Waals surface area contributed by atoms with E-state index in [1.807, 2.05) is 36.6 Å². The van der Waals surface area contributed by atoms with Crippen LogP contribution >= 0.6 is 27.3 Å². The van der Waals surface area contributed by atoms with Crippen molar-refractivity contribution in [1.82, 2.24) is 9.97 Å². The van der Waals surface area contributed by atoms with Gasteiger partial charge in [-0.1, -0.05) is 15.9 Å². The summed E-state index contributed by atoms with van der Waals surface area (Å²) in [6.07, 6.45) is 0. The molecule has 3 aromatic rings. The largest absolute Gasteiger partial charge is 0.438 e. The molecule has 0 bridgehead atoms. The molecule has 0 fully saturated rings. The molecule has 2 aromatic heterocycles. The first-order valence-corrected chi connectivity index (χ1v) is 7.50. The highest BCUT2D eigenvalue weighted by atomic mass is 79.9. The predicted molar refractivity (Wildman–Crippen MR) is 84.2 cm³/mol. The van der Waals surface area contributed by atoms with Crippen molar-refractivity contribution in [2.75, 3.05) is 5.43 Å². The Bertz CT molecular complexity index is 774. The highest BCUT2D eigenvalue weighted by Crippen LogP contribution is 2.33. The summed E-state index contributed by atoms with van der Waals surface area (Å²) in [6, 6.07) is 7.75. The molecule has 5 nitrogen and oxygen atoms in total. The lowest BCUT2D eigenvalue weighted by Gasteiger charge is -2.10. The first-order chi connectivity index (χ1) is 9.67. The minimum Gasteiger partial charge on any atom is -0.438 e. The van der Waals surface area contributed by atoms with Crippen LogP contribution in [0.2, 0.25) is 0 Å². The molecule has 0 unspecified atom stereocenters. The minimum atomic E-state index is 0.338. The number of rotatable bonds is 3. The molecule has 3 N–H and O–H groups in total. The van der Waals surface area contributed by atoms with Gasteiger partial charge in [0, 0.05) is 4.47 Å². The third kappa shape index (κ3) is 2.47. The first-order valence-electron chi connectivity index (χ1n) is 5.83. The second-order valence-corrected chi connectivity index (χ2v) is 5.96. The molecule has 7 heteroatoms. The van der Waals surface area contributed by atoms with Crippen molar-refractivity contribution in [3.63, 3.8) is 0 Å². The number of anilines is 1. The zero-order chi connectivity index (χ0) is 14.1. The van der Waals surface area contributed by atoms with Crippen molar-refractivity contribution >= 4 is 43.4 Å². The van der Waals surface area contributed by atoms with Crippen molar-refractivity contribution in [2.45, 2.75) is 6.92 Å². The fourth-order valence-electron chi connectivity index (χ4n) is 1.80. The number of thiophene rings is 1. The van der Waals surface area contributed by atoms with Gasteiger partial charge in [-0.2, -0.15) is 4.98 Å². The van der Waals surface area contributed by atoms with E-state index in [9.17, 15) is 0 Å². The zero-order valence-corrected chi connectivity index (χ0v) is 13.0. The van der Waals surface area contributed by atoms with Crippen LogP contribution in [0.25, 0.3) is 10.2 Å². The highest BCUT2D eigenvalue weighted by molar-refractivity contribution is 9.10. The van der Waals surface area contributed by atoms with Crippen molar-refractivity contribution < 1.29 is 4.74 Å². The molecule has 0 spiro atoms. The topological polar surface area (TPSA) is 73.1 Å². The van der Waals surface area contributed by atoms with Crippen molar-refractivity contribution in [3.8, 4) is 11.6 Å². The molecule has 1 aromatic carbocycles. The summed E-state index contributed by atoms with van der Waals surface area (Å²) in [6.45, 7) is 1.98. The van der Waals surface area contributed by atoms with Crippen LogP contribution in [0.4, 0.5) is 5.95 Å². The van der Waals surface area contributed by atoms with Gasteiger partial charge in [0.1, 0.15) is 10.6 Å². The van der Waals surface area contributed by atoms with Gasteiger partial charge in [0.05, 0.1) is 5.39 Å². The number of fused-ring (bicyclic) bond motifs is 1. The number of nitrogen functional groups attached to an aromatic ring is 1. The molecular formula is C13H11BrN4OS. The van der Waals surface area contributed by atoms with Crippen LogP contribution in [-0.4, -0.2) is 9.97 Å². The Hall–Kier alpha value is -1.70. The molecule has 20 heavy (non-hydrogen) atoms. The molecule has 0 aliphatic heterocycles. The number of hydrazine groups is 1. The lowest BCUT2D eigenvalue weighted by molar-refractivity contribution is 0.465. The maximum absolute atomic E-state index is 5.92. The monoisotopic (exact) mass is 350 g/mol. The summed E-state index contributed by atoms with van der Waals surface area (Å²) < 4.78 is 6.93. The molecule has 3 rings (SSSR count). The first kappa shape index (κ1) is 13.3. The van der Waals surface area contributed by atoms with Gasteiger partial charge in [0.25, 0.3) is 0 Å². The number of hydrogen-bond donors (Lipinski definition) is 2. The normalized spacial score (nSPS) is 10.8. The Kier molecular flexibility index (Phi) is 3.56. The lowest BCUT2D eigenvalue weighted by atomic mass is 10.2. The summed E-state index contributed by atoms with van der Waals surface area (Å²) in [5.41, 5.74) is 3.47. The fraction of sp³-hybridized carbons (Fsp3) is 0.0769. The minimum absolute atomic E-state index is 0.338. The predicted octanol–water partition coefficient (Wildman–Crippen LogP) is 3.84. The number of aromatic nitrogens is 2. The SMILES string of the molecule is Cc1cc(Br)ccc1Oc1nc(NN)nc2sccc12. The summed E-state index contributed by atoms with van der Waals surface area (Å²) >= 11 is 4.95.